The standard InChI is InChI=1S/C20H15Cl2N3O2/c1-12-3-4-16(7-13(12)2)25-20(26)15(11-24)8-14-9-17(21)19(18(22)10-14)27-6-5-23/h3-4,7-10H,6H2,1-2H3,(H,25,26)/b15-8+. The molecule has 0 unspecified atom stereocenters. The van der Waals surface area contributed by atoms with E-state index in [1.165, 1.54) is 18.2 Å². The normalized spacial score (nSPS) is 10.7. The van der Waals surface area contributed by atoms with Crippen LogP contribution in [0.2, 0.25) is 10.0 Å². The number of hydrogen-bond donors (Lipinski definition) is 1. The molecule has 7 heteroatoms. The fourth-order valence-electron chi connectivity index (χ4n) is 2.24. The van der Waals surface area contributed by atoms with Gasteiger partial charge in [-0.1, -0.05) is 29.3 Å². The Morgan fingerprint density at radius 1 is 1.15 bits per heavy atom. The number of aryl methyl sites for hydroxylation is 2. The molecule has 0 fully saturated rings. The van der Waals surface area contributed by atoms with Crippen molar-refractivity contribution in [3.63, 3.8) is 0 Å². The van der Waals surface area contributed by atoms with Crippen molar-refractivity contribution >= 4 is 40.9 Å². The van der Waals surface area contributed by atoms with E-state index >= 15 is 0 Å². The molecule has 2 aromatic carbocycles. The van der Waals surface area contributed by atoms with Gasteiger partial charge in [0.15, 0.2) is 12.4 Å². The molecule has 0 spiro atoms. The monoisotopic (exact) mass is 399 g/mol. The number of rotatable bonds is 5. The van der Waals surface area contributed by atoms with Crippen LogP contribution in [0.15, 0.2) is 35.9 Å². The second-order valence-electron chi connectivity index (χ2n) is 5.68. The Morgan fingerprint density at radius 3 is 2.37 bits per heavy atom. The molecule has 2 rings (SSSR count). The molecule has 0 radical (unpaired) electrons. The maximum absolute atomic E-state index is 12.4. The largest absolute Gasteiger partial charge is 0.476 e. The Hall–Kier alpha value is -2.99. The van der Waals surface area contributed by atoms with Crippen LogP contribution in [-0.4, -0.2) is 12.5 Å². The van der Waals surface area contributed by atoms with Crippen molar-refractivity contribution in [3.05, 3.63) is 62.6 Å². The molecule has 0 aliphatic rings. The van der Waals surface area contributed by atoms with Crippen molar-refractivity contribution in [2.45, 2.75) is 13.8 Å². The molecule has 5 nitrogen and oxygen atoms in total. The molecule has 0 heterocycles. The van der Waals surface area contributed by atoms with Gasteiger partial charge in [-0.3, -0.25) is 4.79 Å². The molecule has 27 heavy (non-hydrogen) atoms. The highest BCUT2D eigenvalue weighted by Crippen LogP contribution is 2.34. The molecule has 0 saturated heterocycles. The van der Waals surface area contributed by atoms with Crippen LogP contribution in [-0.2, 0) is 4.79 Å². The van der Waals surface area contributed by atoms with E-state index in [2.05, 4.69) is 5.32 Å². The van der Waals surface area contributed by atoms with Crippen LogP contribution in [0.5, 0.6) is 5.75 Å². The van der Waals surface area contributed by atoms with Crippen LogP contribution < -0.4 is 10.1 Å². The Balaban J connectivity index is 2.27. The molecular formula is C20H15Cl2N3O2. The first-order valence-electron chi connectivity index (χ1n) is 7.85. The third-order valence-electron chi connectivity index (χ3n) is 3.74. The zero-order valence-electron chi connectivity index (χ0n) is 14.6. The van der Waals surface area contributed by atoms with E-state index in [9.17, 15) is 10.1 Å². The molecule has 2 aromatic rings. The van der Waals surface area contributed by atoms with E-state index in [4.69, 9.17) is 33.2 Å². The predicted octanol–water partition coefficient (Wildman–Crippen LogP) is 5.06. The summed E-state index contributed by atoms with van der Waals surface area (Å²) in [5.74, 6) is -0.368. The van der Waals surface area contributed by atoms with Gasteiger partial charge in [0.05, 0.1) is 10.0 Å². The van der Waals surface area contributed by atoms with E-state index in [1.807, 2.05) is 38.1 Å². The summed E-state index contributed by atoms with van der Waals surface area (Å²) in [6, 6.07) is 12.2. The molecule has 0 aliphatic heterocycles. The van der Waals surface area contributed by atoms with E-state index in [0.717, 1.165) is 11.1 Å². The van der Waals surface area contributed by atoms with Gasteiger partial charge in [-0.2, -0.15) is 10.5 Å². The number of nitriles is 2. The van der Waals surface area contributed by atoms with Crippen molar-refractivity contribution in [1.29, 1.82) is 10.5 Å². The van der Waals surface area contributed by atoms with Crippen molar-refractivity contribution in [1.82, 2.24) is 0 Å². The Kier molecular flexibility index (Phi) is 6.85. The van der Waals surface area contributed by atoms with E-state index in [1.54, 1.807) is 6.07 Å². The summed E-state index contributed by atoms with van der Waals surface area (Å²) < 4.78 is 5.16. The summed E-state index contributed by atoms with van der Waals surface area (Å²) in [6.07, 6.45) is 1.38. The first kappa shape index (κ1) is 20.3. The van der Waals surface area contributed by atoms with Gasteiger partial charge >= 0.3 is 0 Å². The minimum absolute atomic E-state index is 0.106. The lowest BCUT2D eigenvalue weighted by atomic mass is 10.1. The van der Waals surface area contributed by atoms with Crippen molar-refractivity contribution in [3.8, 4) is 17.9 Å². The van der Waals surface area contributed by atoms with Crippen LogP contribution in [0, 0.1) is 36.5 Å². The van der Waals surface area contributed by atoms with Gasteiger partial charge in [-0.15, -0.1) is 0 Å². The smallest absolute Gasteiger partial charge is 0.266 e. The van der Waals surface area contributed by atoms with Crippen LogP contribution in [0.4, 0.5) is 5.69 Å². The second-order valence-corrected chi connectivity index (χ2v) is 6.50. The van der Waals surface area contributed by atoms with E-state index < -0.39 is 5.91 Å². The Labute approximate surface area is 167 Å². The lowest BCUT2D eigenvalue weighted by Crippen LogP contribution is -2.13. The second kappa shape index (κ2) is 9.09. The number of hydrogen-bond acceptors (Lipinski definition) is 4. The number of ether oxygens (including phenoxy) is 1. The third-order valence-corrected chi connectivity index (χ3v) is 4.30. The first-order chi connectivity index (χ1) is 12.8. The van der Waals surface area contributed by atoms with Crippen LogP contribution >= 0.6 is 23.2 Å². The Morgan fingerprint density at radius 2 is 1.81 bits per heavy atom. The topological polar surface area (TPSA) is 85.9 Å². The van der Waals surface area contributed by atoms with Gasteiger partial charge in [0.25, 0.3) is 5.91 Å². The zero-order chi connectivity index (χ0) is 20.0. The highest BCUT2D eigenvalue weighted by atomic mass is 35.5. The van der Waals surface area contributed by atoms with Gasteiger partial charge in [-0.05, 0) is 60.9 Å². The zero-order valence-corrected chi connectivity index (χ0v) is 16.1. The first-order valence-corrected chi connectivity index (χ1v) is 8.60. The average Bonchev–Trinajstić information content (AvgIpc) is 2.62. The third kappa shape index (κ3) is 5.24. The van der Waals surface area contributed by atoms with E-state index in [0.29, 0.717) is 11.3 Å². The summed E-state index contributed by atoms with van der Waals surface area (Å²) in [5, 5.41) is 21.0. The Bertz CT molecular complexity index is 978. The lowest BCUT2D eigenvalue weighted by molar-refractivity contribution is -0.112. The molecular weight excluding hydrogens is 385 g/mol. The highest BCUT2D eigenvalue weighted by molar-refractivity contribution is 6.37. The molecule has 0 saturated carbocycles. The van der Waals surface area contributed by atoms with Crippen LogP contribution in [0.1, 0.15) is 16.7 Å². The number of carbonyl (C=O) groups excluding carboxylic acids is 1. The number of amides is 1. The summed E-state index contributed by atoms with van der Waals surface area (Å²) in [5.41, 5.74) is 3.08. The number of nitrogens with zero attached hydrogens (tertiary/aromatic N) is 2. The van der Waals surface area contributed by atoms with Gasteiger partial charge in [0.1, 0.15) is 17.7 Å². The van der Waals surface area contributed by atoms with Gasteiger partial charge in [0.2, 0.25) is 0 Å². The molecule has 1 amide bonds. The van der Waals surface area contributed by atoms with E-state index in [-0.39, 0.29) is 28.0 Å². The quantitative estimate of drug-likeness (QED) is 0.562. The molecule has 0 aromatic heterocycles. The number of benzene rings is 2. The number of nitrogens with one attached hydrogen (secondary N) is 1. The molecule has 0 bridgehead atoms. The van der Waals surface area contributed by atoms with Crippen molar-refractivity contribution in [2.24, 2.45) is 0 Å². The SMILES string of the molecule is Cc1ccc(NC(=O)/C(C#N)=C/c2cc(Cl)c(OCC#N)c(Cl)c2)cc1C. The lowest BCUT2D eigenvalue weighted by Gasteiger charge is -2.09. The summed E-state index contributed by atoms with van der Waals surface area (Å²) in [7, 11) is 0. The maximum Gasteiger partial charge on any atom is 0.266 e. The summed E-state index contributed by atoms with van der Waals surface area (Å²) in [4.78, 5) is 12.4. The molecule has 1 N–H and O–H groups in total. The van der Waals surface area contributed by atoms with Crippen molar-refractivity contribution in [2.75, 3.05) is 11.9 Å². The fraction of sp³-hybridized carbons (Fsp3) is 0.150. The number of halogens is 2. The van der Waals surface area contributed by atoms with Gasteiger partial charge in [-0.25, -0.2) is 0 Å². The average molecular weight is 400 g/mol. The molecule has 136 valence electrons. The highest BCUT2D eigenvalue weighted by Gasteiger charge is 2.13. The fourth-order valence-corrected chi connectivity index (χ4v) is 2.85. The molecule has 0 aliphatic carbocycles. The van der Waals surface area contributed by atoms with Gasteiger partial charge in [0, 0.05) is 5.69 Å². The number of anilines is 1. The van der Waals surface area contributed by atoms with Crippen LogP contribution in [0.3, 0.4) is 0 Å². The van der Waals surface area contributed by atoms with Gasteiger partial charge < -0.3 is 10.1 Å². The minimum atomic E-state index is -0.544. The number of carbonyl (C=O) groups is 1. The minimum Gasteiger partial charge on any atom is -0.476 e. The molecule has 0 atom stereocenters. The predicted molar refractivity (Wildman–Crippen MR) is 106 cm³/mol. The van der Waals surface area contributed by atoms with Crippen molar-refractivity contribution < 1.29 is 9.53 Å². The maximum atomic E-state index is 12.4. The summed E-state index contributed by atoms with van der Waals surface area (Å²) in [6.45, 7) is 3.71. The van der Waals surface area contributed by atoms with Crippen LogP contribution in [0.25, 0.3) is 6.08 Å². The summed E-state index contributed by atoms with van der Waals surface area (Å²) >= 11 is 12.2.